The number of nitrogens with one attached hydrogen (secondary N) is 1. The van der Waals surface area contributed by atoms with Crippen molar-refractivity contribution in [3.05, 3.63) is 55.6 Å². The predicted octanol–water partition coefficient (Wildman–Crippen LogP) is 5.74. The third kappa shape index (κ3) is 3.55. The highest BCUT2D eigenvalue weighted by Gasteiger charge is 2.25. The van der Waals surface area contributed by atoms with Crippen LogP contribution in [0.2, 0.25) is 5.02 Å². The molecule has 0 saturated carbocycles. The van der Waals surface area contributed by atoms with E-state index in [4.69, 9.17) is 16.3 Å². The first-order valence-corrected chi connectivity index (χ1v) is 9.37. The van der Waals surface area contributed by atoms with Crippen molar-refractivity contribution in [1.29, 1.82) is 0 Å². The number of hydrogen-bond donors (Lipinski definition) is 1. The third-order valence-electron chi connectivity index (χ3n) is 4.15. The van der Waals surface area contributed by atoms with Crippen LogP contribution in [0, 0.1) is 3.57 Å². The van der Waals surface area contributed by atoms with Crippen LogP contribution in [0.5, 0.6) is 5.75 Å². The molecule has 0 aromatic heterocycles. The lowest BCUT2D eigenvalue weighted by molar-refractivity contribution is -0.110. The number of carbonyl (C=O) groups excluding carboxylic acids is 1. The molecule has 1 amide bonds. The fourth-order valence-corrected chi connectivity index (χ4v) is 3.73. The molecule has 3 nitrogen and oxygen atoms in total. The van der Waals surface area contributed by atoms with Crippen LogP contribution in [0.4, 0.5) is 5.69 Å². The lowest BCUT2D eigenvalue weighted by Gasteiger charge is -2.23. The van der Waals surface area contributed by atoms with E-state index in [1.807, 2.05) is 36.4 Å². The second-order valence-corrected chi connectivity index (χ2v) is 8.69. The van der Waals surface area contributed by atoms with Crippen molar-refractivity contribution in [3.8, 4) is 5.75 Å². The molecule has 2 aromatic rings. The van der Waals surface area contributed by atoms with E-state index in [1.165, 1.54) is 0 Å². The van der Waals surface area contributed by atoms with E-state index < -0.39 is 0 Å². The largest absolute Gasteiger partial charge is 0.495 e. The fraction of sp³-hybridized carbons (Fsp3) is 0.250. The maximum absolute atomic E-state index is 12.4. The zero-order chi connectivity index (χ0) is 18.4. The molecule has 1 heterocycles. The van der Waals surface area contributed by atoms with Crippen LogP contribution < -0.4 is 10.1 Å². The van der Waals surface area contributed by atoms with Crippen LogP contribution >= 0.6 is 34.2 Å². The monoisotopic (exact) mass is 467 g/mol. The van der Waals surface area contributed by atoms with Crippen LogP contribution in [0.1, 0.15) is 37.5 Å². The van der Waals surface area contributed by atoms with Gasteiger partial charge in [-0.3, -0.25) is 4.79 Å². The maximum Gasteiger partial charge on any atom is 0.256 e. The summed E-state index contributed by atoms with van der Waals surface area (Å²) in [4.78, 5) is 12.4. The molecule has 1 aliphatic rings. The van der Waals surface area contributed by atoms with Crippen LogP contribution in [-0.4, -0.2) is 13.0 Å². The van der Waals surface area contributed by atoms with Gasteiger partial charge in [-0.05, 0) is 70.0 Å². The lowest BCUT2D eigenvalue weighted by Crippen LogP contribution is -2.13. The number of amides is 1. The molecule has 0 aliphatic carbocycles. The SMILES string of the molecule is COc1c(Cl)cc(C=C2C(=O)Nc3ccc(I)cc32)cc1C(C)(C)C. The van der Waals surface area contributed by atoms with Crippen molar-refractivity contribution in [2.75, 3.05) is 12.4 Å². The van der Waals surface area contributed by atoms with Crippen molar-refractivity contribution in [1.82, 2.24) is 0 Å². The molecule has 0 bridgehead atoms. The van der Waals surface area contributed by atoms with Gasteiger partial charge in [-0.2, -0.15) is 0 Å². The number of ether oxygens (including phenoxy) is 1. The fourth-order valence-electron chi connectivity index (χ4n) is 2.93. The highest BCUT2D eigenvalue weighted by atomic mass is 127. The summed E-state index contributed by atoms with van der Waals surface area (Å²) in [5.74, 6) is 0.586. The first-order chi connectivity index (χ1) is 11.7. The summed E-state index contributed by atoms with van der Waals surface area (Å²) in [6, 6.07) is 9.79. The Morgan fingerprint density at radius 1 is 1.20 bits per heavy atom. The van der Waals surface area contributed by atoms with Crippen molar-refractivity contribution in [3.63, 3.8) is 0 Å². The third-order valence-corrected chi connectivity index (χ3v) is 5.11. The molecule has 0 atom stereocenters. The Bertz CT molecular complexity index is 897. The average Bonchev–Trinajstić information content (AvgIpc) is 2.81. The molecule has 0 radical (unpaired) electrons. The van der Waals surface area contributed by atoms with E-state index in [-0.39, 0.29) is 11.3 Å². The van der Waals surface area contributed by atoms with Crippen LogP contribution in [-0.2, 0) is 10.2 Å². The summed E-state index contributed by atoms with van der Waals surface area (Å²) in [5, 5.41) is 3.45. The summed E-state index contributed by atoms with van der Waals surface area (Å²) in [6.07, 6.45) is 1.89. The van der Waals surface area contributed by atoms with Crippen LogP contribution in [0.15, 0.2) is 30.3 Å². The molecule has 3 rings (SSSR count). The summed E-state index contributed by atoms with van der Waals surface area (Å²) < 4.78 is 6.57. The molecule has 1 aliphatic heterocycles. The Hall–Kier alpha value is -1.53. The Morgan fingerprint density at radius 3 is 2.56 bits per heavy atom. The van der Waals surface area contributed by atoms with Crippen molar-refractivity contribution >= 4 is 57.4 Å². The molecule has 130 valence electrons. The first-order valence-electron chi connectivity index (χ1n) is 7.91. The Balaban J connectivity index is 2.16. The number of anilines is 1. The van der Waals surface area contributed by atoms with Gasteiger partial charge in [0.15, 0.2) is 0 Å². The van der Waals surface area contributed by atoms with E-state index in [9.17, 15) is 4.79 Å². The molecule has 0 saturated heterocycles. The van der Waals surface area contributed by atoms with Gasteiger partial charge in [0.05, 0.1) is 12.1 Å². The number of hydrogen-bond acceptors (Lipinski definition) is 2. The molecular formula is C20H19ClINO2. The summed E-state index contributed by atoms with van der Waals surface area (Å²) in [7, 11) is 1.62. The minimum absolute atomic E-state index is 0.0961. The lowest BCUT2D eigenvalue weighted by atomic mass is 9.85. The van der Waals surface area contributed by atoms with Gasteiger partial charge in [0.25, 0.3) is 5.91 Å². The standard InChI is InChI=1S/C20H19ClINO2/c1-20(2,3)15-8-11(9-16(21)18(15)25-4)7-14-13-10-12(22)5-6-17(13)23-19(14)24/h5-10H,1-4H3,(H,23,24). The van der Waals surface area contributed by atoms with Crippen LogP contribution in [0.25, 0.3) is 11.6 Å². The maximum atomic E-state index is 12.4. The highest BCUT2D eigenvalue weighted by Crippen LogP contribution is 2.40. The molecule has 0 unspecified atom stereocenters. The molecule has 1 N–H and O–H groups in total. The molecule has 5 heteroatoms. The van der Waals surface area contributed by atoms with Gasteiger partial charge in [-0.15, -0.1) is 0 Å². The van der Waals surface area contributed by atoms with E-state index in [2.05, 4.69) is 48.7 Å². The van der Waals surface area contributed by atoms with Gasteiger partial charge < -0.3 is 10.1 Å². The summed E-state index contributed by atoms with van der Waals surface area (Å²) >= 11 is 8.68. The highest BCUT2D eigenvalue weighted by molar-refractivity contribution is 14.1. The van der Waals surface area contributed by atoms with Crippen LogP contribution in [0.3, 0.4) is 0 Å². The molecule has 0 fully saturated rings. The Labute approximate surface area is 166 Å². The van der Waals surface area contributed by atoms with Gasteiger partial charge >= 0.3 is 0 Å². The number of rotatable bonds is 2. The van der Waals surface area contributed by atoms with Gasteiger partial charge in [0.1, 0.15) is 5.75 Å². The second-order valence-electron chi connectivity index (χ2n) is 7.04. The van der Waals surface area contributed by atoms with Gasteiger partial charge in [0.2, 0.25) is 0 Å². The Morgan fingerprint density at radius 2 is 1.92 bits per heavy atom. The number of methoxy groups -OCH3 is 1. The smallest absolute Gasteiger partial charge is 0.256 e. The van der Waals surface area contributed by atoms with E-state index >= 15 is 0 Å². The minimum Gasteiger partial charge on any atom is -0.495 e. The van der Waals surface area contributed by atoms with E-state index in [1.54, 1.807) is 7.11 Å². The van der Waals surface area contributed by atoms with Crippen molar-refractivity contribution in [2.45, 2.75) is 26.2 Å². The molecule has 25 heavy (non-hydrogen) atoms. The van der Waals surface area contributed by atoms with E-state index in [0.29, 0.717) is 16.3 Å². The van der Waals surface area contributed by atoms with Gasteiger partial charge in [-0.25, -0.2) is 0 Å². The molecular weight excluding hydrogens is 449 g/mol. The number of carbonyl (C=O) groups is 1. The summed E-state index contributed by atoms with van der Waals surface area (Å²) in [6.45, 7) is 6.33. The topological polar surface area (TPSA) is 38.3 Å². The average molecular weight is 468 g/mol. The quantitative estimate of drug-likeness (QED) is 0.451. The van der Waals surface area contributed by atoms with Crippen molar-refractivity contribution in [2.24, 2.45) is 0 Å². The number of benzene rings is 2. The zero-order valence-corrected chi connectivity index (χ0v) is 17.4. The van der Waals surface area contributed by atoms with Crippen molar-refractivity contribution < 1.29 is 9.53 Å². The normalized spacial score (nSPS) is 15.3. The molecule has 2 aromatic carbocycles. The van der Waals surface area contributed by atoms with E-state index in [0.717, 1.165) is 25.9 Å². The summed E-state index contributed by atoms with van der Waals surface area (Å²) in [5.41, 5.74) is 4.17. The second kappa shape index (κ2) is 6.65. The number of fused-ring (bicyclic) bond motifs is 1. The van der Waals surface area contributed by atoms with Gasteiger partial charge in [-0.1, -0.05) is 32.4 Å². The minimum atomic E-state index is -0.130. The molecule has 0 spiro atoms. The number of halogens is 2. The zero-order valence-electron chi connectivity index (χ0n) is 14.5. The Kier molecular flexibility index (Phi) is 4.86. The van der Waals surface area contributed by atoms with Gasteiger partial charge in [0, 0.05) is 26.0 Å². The predicted molar refractivity (Wildman–Crippen MR) is 112 cm³/mol. The first kappa shape index (κ1) is 18.3.